The molecule has 1 N–H and O–H groups in total. The minimum atomic E-state index is -0.0456. The Bertz CT molecular complexity index is 636. The Morgan fingerprint density at radius 2 is 1.75 bits per heavy atom. The van der Waals surface area contributed by atoms with E-state index >= 15 is 0 Å². The molecule has 0 bridgehead atoms. The summed E-state index contributed by atoms with van der Waals surface area (Å²) in [5, 5.41) is 2.98. The van der Waals surface area contributed by atoms with Crippen LogP contribution in [-0.4, -0.2) is 80.7 Å². The number of likely N-dealkylation sites (tertiary alicyclic amines) is 2. The van der Waals surface area contributed by atoms with E-state index in [1.165, 1.54) is 20.0 Å². The van der Waals surface area contributed by atoms with Gasteiger partial charge in [-0.15, -0.1) is 0 Å². The van der Waals surface area contributed by atoms with E-state index in [9.17, 15) is 9.59 Å². The maximum Gasteiger partial charge on any atom is 0.251 e. The van der Waals surface area contributed by atoms with Crippen LogP contribution in [0.3, 0.4) is 0 Å². The number of rotatable bonds is 8. The van der Waals surface area contributed by atoms with E-state index in [0.717, 1.165) is 38.2 Å². The molecule has 1 aromatic carbocycles. The van der Waals surface area contributed by atoms with E-state index in [-0.39, 0.29) is 24.5 Å². The van der Waals surface area contributed by atoms with Crippen molar-refractivity contribution in [3.8, 4) is 5.75 Å². The molecule has 2 saturated heterocycles. The van der Waals surface area contributed by atoms with Gasteiger partial charge in [0, 0.05) is 51.7 Å². The van der Waals surface area contributed by atoms with E-state index in [1.54, 1.807) is 12.1 Å². The van der Waals surface area contributed by atoms with Crippen molar-refractivity contribution >= 4 is 11.8 Å². The van der Waals surface area contributed by atoms with Gasteiger partial charge in [0.2, 0.25) is 5.91 Å². The second-order valence-electron chi connectivity index (χ2n) is 7.46. The number of nitrogens with one attached hydrogen (secondary N) is 1. The first-order valence-electron chi connectivity index (χ1n) is 10.2. The standard InChI is InChI=1S/C21H31N3O4/c1-27-16-20(25)24-13-8-19(9-14-24)28-18-6-4-17(5-7-18)21(26)22-10-15-23-11-2-3-12-23/h4-7,19H,2-3,8-16H2,1H3,(H,22,26). The zero-order valence-corrected chi connectivity index (χ0v) is 16.7. The second-order valence-corrected chi connectivity index (χ2v) is 7.46. The number of carbonyl (C=O) groups is 2. The van der Waals surface area contributed by atoms with Gasteiger partial charge in [-0.3, -0.25) is 9.59 Å². The lowest BCUT2D eigenvalue weighted by Crippen LogP contribution is -2.43. The molecule has 0 unspecified atom stereocenters. The van der Waals surface area contributed by atoms with Gasteiger partial charge < -0.3 is 24.6 Å². The fourth-order valence-electron chi connectivity index (χ4n) is 3.75. The van der Waals surface area contributed by atoms with Gasteiger partial charge in [0.25, 0.3) is 5.91 Å². The summed E-state index contributed by atoms with van der Waals surface area (Å²) in [5.74, 6) is 0.743. The van der Waals surface area contributed by atoms with E-state index in [0.29, 0.717) is 25.2 Å². The Labute approximate surface area is 167 Å². The van der Waals surface area contributed by atoms with Crippen LogP contribution < -0.4 is 10.1 Å². The third kappa shape index (κ3) is 5.94. The van der Waals surface area contributed by atoms with E-state index in [1.807, 2.05) is 17.0 Å². The predicted molar refractivity (Wildman–Crippen MR) is 107 cm³/mol. The highest BCUT2D eigenvalue weighted by atomic mass is 16.5. The molecule has 0 radical (unpaired) electrons. The summed E-state index contributed by atoms with van der Waals surface area (Å²) in [6.45, 7) is 5.38. The van der Waals surface area contributed by atoms with Gasteiger partial charge in [0.1, 0.15) is 18.5 Å². The second kappa shape index (κ2) is 10.4. The highest BCUT2D eigenvalue weighted by Gasteiger charge is 2.23. The first kappa shape index (κ1) is 20.6. The summed E-state index contributed by atoms with van der Waals surface area (Å²) >= 11 is 0. The summed E-state index contributed by atoms with van der Waals surface area (Å²) in [7, 11) is 1.53. The quantitative estimate of drug-likeness (QED) is 0.730. The summed E-state index contributed by atoms with van der Waals surface area (Å²) in [6, 6.07) is 7.30. The van der Waals surface area contributed by atoms with Crippen LogP contribution in [-0.2, 0) is 9.53 Å². The van der Waals surface area contributed by atoms with Gasteiger partial charge in [-0.2, -0.15) is 0 Å². The third-order valence-electron chi connectivity index (χ3n) is 5.39. The van der Waals surface area contributed by atoms with E-state index in [4.69, 9.17) is 9.47 Å². The number of amides is 2. The summed E-state index contributed by atoms with van der Waals surface area (Å²) < 4.78 is 10.9. The van der Waals surface area contributed by atoms with E-state index < -0.39 is 0 Å². The summed E-state index contributed by atoms with van der Waals surface area (Å²) in [5.41, 5.74) is 0.647. The minimum absolute atomic E-state index is 0.0287. The van der Waals surface area contributed by atoms with Crippen LogP contribution in [0.4, 0.5) is 0 Å². The zero-order valence-electron chi connectivity index (χ0n) is 16.7. The molecule has 2 heterocycles. The van der Waals surface area contributed by atoms with Crippen LogP contribution >= 0.6 is 0 Å². The molecule has 7 nitrogen and oxygen atoms in total. The van der Waals surface area contributed by atoms with Crippen molar-refractivity contribution in [3.63, 3.8) is 0 Å². The Hall–Kier alpha value is -2.12. The lowest BCUT2D eigenvalue weighted by atomic mass is 10.1. The van der Waals surface area contributed by atoms with Crippen molar-refractivity contribution in [2.45, 2.75) is 31.8 Å². The Morgan fingerprint density at radius 3 is 2.39 bits per heavy atom. The average Bonchev–Trinajstić information content (AvgIpc) is 3.23. The molecule has 2 aliphatic rings. The molecule has 1 aromatic rings. The fraction of sp³-hybridized carbons (Fsp3) is 0.619. The summed E-state index contributed by atoms with van der Waals surface area (Å²) in [4.78, 5) is 28.3. The highest BCUT2D eigenvalue weighted by Crippen LogP contribution is 2.20. The van der Waals surface area contributed by atoms with Crippen molar-refractivity contribution in [1.82, 2.24) is 15.1 Å². The van der Waals surface area contributed by atoms with Gasteiger partial charge in [0.05, 0.1) is 0 Å². The Kier molecular flexibility index (Phi) is 7.68. The number of hydrogen-bond acceptors (Lipinski definition) is 5. The first-order chi connectivity index (χ1) is 13.7. The number of benzene rings is 1. The van der Waals surface area contributed by atoms with Gasteiger partial charge in [-0.25, -0.2) is 0 Å². The Morgan fingerprint density at radius 1 is 1.07 bits per heavy atom. The average molecular weight is 389 g/mol. The van der Waals surface area contributed by atoms with Gasteiger partial charge in [0.15, 0.2) is 0 Å². The third-order valence-corrected chi connectivity index (χ3v) is 5.39. The van der Waals surface area contributed by atoms with Gasteiger partial charge in [-0.05, 0) is 50.2 Å². The minimum Gasteiger partial charge on any atom is -0.490 e. The fourth-order valence-corrected chi connectivity index (χ4v) is 3.75. The first-order valence-corrected chi connectivity index (χ1v) is 10.2. The van der Waals surface area contributed by atoms with Crippen molar-refractivity contribution in [1.29, 1.82) is 0 Å². The Balaban J connectivity index is 1.39. The molecule has 0 aliphatic carbocycles. The lowest BCUT2D eigenvalue weighted by Gasteiger charge is -2.32. The van der Waals surface area contributed by atoms with Crippen LogP contribution in [0.5, 0.6) is 5.75 Å². The number of ether oxygens (including phenoxy) is 2. The van der Waals surface area contributed by atoms with Crippen LogP contribution in [0.25, 0.3) is 0 Å². The monoisotopic (exact) mass is 389 g/mol. The van der Waals surface area contributed by atoms with Crippen LogP contribution in [0.2, 0.25) is 0 Å². The van der Waals surface area contributed by atoms with Crippen molar-refractivity contribution in [2.75, 3.05) is 53.0 Å². The molecule has 3 rings (SSSR count). The molecular formula is C21H31N3O4. The number of nitrogens with zero attached hydrogens (tertiary/aromatic N) is 2. The van der Waals surface area contributed by atoms with Crippen molar-refractivity contribution in [2.24, 2.45) is 0 Å². The number of methoxy groups -OCH3 is 1. The van der Waals surface area contributed by atoms with Crippen LogP contribution in [0, 0.1) is 0 Å². The van der Waals surface area contributed by atoms with E-state index in [2.05, 4.69) is 10.2 Å². The molecule has 7 heteroatoms. The molecular weight excluding hydrogens is 358 g/mol. The summed E-state index contributed by atoms with van der Waals surface area (Å²) in [6.07, 6.45) is 4.21. The number of carbonyl (C=O) groups excluding carboxylic acids is 2. The molecule has 0 saturated carbocycles. The van der Waals surface area contributed by atoms with Gasteiger partial charge >= 0.3 is 0 Å². The molecule has 0 spiro atoms. The maximum atomic E-state index is 12.3. The van der Waals surface area contributed by atoms with Crippen molar-refractivity contribution in [3.05, 3.63) is 29.8 Å². The largest absolute Gasteiger partial charge is 0.490 e. The molecule has 28 heavy (non-hydrogen) atoms. The lowest BCUT2D eigenvalue weighted by molar-refractivity contribution is -0.136. The number of piperidine rings is 1. The van der Waals surface area contributed by atoms with Gasteiger partial charge in [-0.1, -0.05) is 0 Å². The van der Waals surface area contributed by atoms with Crippen LogP contribution in [0.1, 0.15) is 36.0 Å². The normalized spacial score (nSPS) is 18.2. The molecule has 2 amide bonds. The van der Waals surface area contributed by atoms with Crippen LogP contribution in [0.15, 0.2) is 24.3 Å². The molecule has 2 aliphatic heterocycles. The highest BCUT2D eigenvalue weighted by molar-refractivity contribution is 5.94. The molecule has 0 aromatic heterocycles. The molecule has 2 fully saturated rings. The molecule has 0 atom stereocenters. The predicted octanol–water partition coefficient (Wildman–Crippen LogP) is 1.53. The SMILES string of the molecule is COCC(=O)N1CCC(Oc2ccc(C(=O)NCCN3CCCC3)cc2)CC1. The van der Waals surface area contributed by atoms with Crippen molar-refractivity contribution < 1.29 is 19.1 Å². The smallest absolute Gasteiger partial charge is 0.251 e. The zero-order chi connectivity index (χ0) is 19.8. The maximum absolute atomic E-state index is 12.3. The topological polar surface area (TPSA) is 71.1 Å². The molecule has 154 valence electrons. The number of hydrogen-bond donors (Lipinski definition) is 1.